The highest BCUT2D eigenvalue weighted by atomic mass is 16.5. The monoisotopic (exact) mass is 242 g/mol. The summed E-state index contributed by atoms with van der Waals surface area (Å²) in [5, 5.41) is 9.91. The van der Waals surface area contributed by atoms with Crippen LogP contribution in [0.2, 0.25) is 0 Å². The molecular formula is C15H30O2. The van der Waals surface area contributed by atoms with E-state index in [2.05, 4.69) is 20.8 Å². The van der Waals surface area contributed by atoms with E-state index in [1.165, 1.54) is 32.1 Å². The first-order valence-electron chi connectivity index (χ1n) is 7.23. The molecule has 0 aliphatic heterocycles. The van der Waals surface area contributed by atoms with Crippen LogP contribution in [0, 0.1) is 11.3 Å². The number of aliphatic hydroxyl groups is 1. The van der Waals surface area contributed by atoms with Gasteiger partial charge in [0.2, 0.25) is 0 Å². The topological polar surface area (TPSA) is 29.5 Å². The summed E-state index contributed by atoms with van der Waals surface area (Å²) in [4.78, 5) is 0. The molecule has 1 saturated carbocycles. The second-order valence-electron chi connectivity index (χ2n) is 6.78. The number of ether oxygens (including phenoxy) is 1. The quantitative estimate of drug-likeness (QED) is 0.718. The summed E-state index contributed by atoms with van der Waals surface area (Å²) in [5.41, 5.74) is 0.328. The number of rotatable bonds is 6. The second-order valence-corrected chi connectivity index (χ2v) is 6.78. The van der Waals surface area contributed by atoms with E-state index in [-0.39, 0.29) is 6.10 Å². The van der Waals surface area contributed by atoms with Crippen molar-refractivity contribution in [1.29, 1.82) is 0 Å². The van der Waals surface area contributed by atoms with Gasteiger partial charge in [-0.05, 0) is 24.2 Å². The molecule has 1 aliphatic rings. The molecule has 1 unspecified atom stereocenters. The van der Waals surface area contributed by atoms with Gasteiger partial charge in [-0.25, -0.2) is 0 Å². The standard InChI is InChI=1S/C15H30O2/c1-15(2,3)9-10-17-12-14(16)11-13-7-5-4-6-8-13/h13-14,16H,4-12H2,1-3H3. The van der Waals surface area contributed by atoms with Crippen LogP contribution in [0.1, 0.15) is 65.7 Å². The predicted molar refractivity (Wildman–Crippen MR) is 72.1 cm³/mol. The minimum absolute atomic E-state index is 0.252. The maximum atomic E-state index is 9.91. The summed E-state index contributed by atoms with van der Waals surface area (Å²) in [6.45, 7) is 7.94. The van der Waals surface area contributed by atoms with Crippen LogP contribution in [0.25, 0.3) is 0 Å². The summed E-state index contributed by atoms with van der Waals surface area (Å²) >= 11 is 0. The van der Waals surface area contributed by atoms with Gasteiger partial charge < -0.3 is 9.84 Å². The van der Waals surface area contributed by atoms with Gasteiger partial charge in [-0.2, -0.15) is 0 Å². The lowest BCUT2D eigenvalue weighted by Gasteiger charge is -2.24. The van der Waals surface area contributed by atoms with Gasteiger partial charge >= 0.3 is 0 Å². The Labute approximate surface area is 107 Å². The molecule has 0 bridgehead atoms. The Morgan fingerprint density at radius 1 is 1.18 bits per heavy atom. The van der Waals surface area contributed by atoms with Gasteiger partial charge in [0.25, 0.3) is 0 Å². The maximum Gasteiger partial charge on any atom is 0.0776 e. The van der Waals surface area contributed by atoms with Crippen LogP contribution in [0.15, 0.2) is 0 Å². The molecule has 0 saturated heterocycles. The molecular weight excluding hydrogens is 212 g/mol. The lowest BCUT2D eigenvalue weighted by molar-refractivity contribution is 0.0131. The average molecular weight is 242 g/mol. The Bertz CT molecular complexity index is 190. The molecule has 2 nitrogen and oxygen atoms in total. The van der Waals surface area contributed by atoms with Crippen molar-refractivity contribution in [1.82, 2.24) is 0 Å². The van der Waals surface area contributed by atoms with Crippen LogP contribution >= 0.6 is 0 Å². The Kier molecular flexibility index (Phi) is 6.50. The molecule has 1 rings (SSSR count). The van der Waals surface area contributed by atoms with Crippen LogP contribution in [-0.4, -0.2) is 24.4 Å². The van der Waals surface area contributed by atoms with Gasteiger partial charge in [0.1, 0.15) is 0 Å². The van der Waals surface area contributed by atoms with E-state index < -0.39 is 0 Å². The van der Waals surface area contributed by atoms with E-state index in [0.29, 0.717) is 12.0 Å². The van der Waals surface area contributed by atoms with Crippen LogP contribution in [-0.2, 0) is 4.74 Å². The van der Waals surface area contributed by atoms with E-state index in [4.69, 9.17) is 4.74 Å². The molecule has 0 spiro atoms. The first-order chi connectivity index (χ1) is 7.97. The van der Waals surface area contributed by atoms with E-state index in [1.807, 2.05) is 0 Å². The molecule has 0 aromatic carbocycles. The molecule has 1 N–H and O–H groups in total. The van der Waals surface area contributed by atoms with Gasteiger partial charge in [0.05, 0.1) is 12.7 Å². The lowest BCUT2D eigenvalue weighted by atomic mass is 9.85. The molecule has 1 fully saturated rings. The summed E-state index contributed by atoms with van der Waals surface area (Å²) in [6, 6.07) is 0. The molecule has 17 heavy (non-hydrogen) atoms. The fraction of sp³-hybridized carbons (Fsp3) is 1.00. The fourth-order valence-electron chi connectivity index (χ4n) is 2.47. The molecule has 2 heteroatoms. The number of hydrogen-bond acceptors (Lipinski definition) is 2. The summed E-state index contributed by atoms with van der Waals surface area (Å²) in [5.74, 6) is 0.741. The van der Waals surface area contributed by atoms with Crippen LogP contribution in [0.4, 0.5) is 0 Å². The van der Waals surface area contributed by atoms with Crippen molar-refractivity contribution in [2.45, 2.75) is 71.8 Å². The molecule has 0 radical (unpaired) electrons. The van der Waals surface area contributed by atoms with E-state index >= 15 is 0 Å². The summed E-state index contributed by atoms with van der Waals surface area (Å²) < 4.78 is 5.56. The zero-order valence-corrected chi connectivity index (χ0v) is 11.9. The Morgan fingerprint density at radius 2 is 1.82 bits per heavy atom. The third kappa shape index (κ3) is 7.77. The average Bonchev–Trinajstić information content (AvgIpc) is 2.25. The Hall–Kier alpha value is -0.0800. The highest BCUT2D eigenvalue weighted by Gasteiger charge is 2.17. The molecule has 102 valence electrons. The summed E-state index contributed by atoms with van der Waals surface area (Å²) in [6.07, 6.45) is 8.44. The van der Waals surface area contributed by atoms with Crippen LogP contribution in [0.3, 0.4) is 0 Å². The Morgan fingerprint density at radius 3 is 2.41 bits per heavy atom. The van der Waals surface area contributed by atoms with Gasteiger partial charge in [-0.1, -0.05) is 52.9 Å². The zero-order valence-electron chi connectivity index (χ0n) is 11.9. The molecule has 0 aromatic heterocycles. The van der Waals surface area contributed by atoms with Crippen LogP contribution < -0.4 is 0 Å². The maximum absolute atomic E-state index is 9.91. The zero-order chi connectivity index (χ0) is 12.7. The minimum Gasteiger partial charge on any atom is -0.391 e. The number of hydrogen-bond donors (Lipinski definition) is 1. The fourth-order valence-corrected chi connectivity index (χ4v) is 2.47. The molecule has 0 amide bonds. The predicted octanol–water partition coefficient (Wildman–Crippen LogP) is 3.77. The van der Waals surface area contributed by atoms with Gasteiger partial charge in [-0.15, -0.1) is 0 Å². The van der Waals surface area contributed by atoms with Crippen molar-refractivity contribution < 1.29 is 9.84 Å². The normalized spacial score (nSPS) is 20.5. The SMILES string of the molecule is CC(C)(C)CCOCC(O)CC1CCCCC1. The van der Waals surface area contributed by atoms with Crippen molar-refractivity contribution in [3.63, 3.8) is 0 Å². The first-order valence-corrected chi connectivity index (χ1v) is 7.23. The first kappa shape index (κ1) is 15.0. The third-order valence-corrected chi connectivity index (χ3v) is 3.64. The van der Waals surface area contributed by atoms with E-state index in [1.54, 1.807) is 0 Å². The third-order valence-electron chi connectivity index (χ3n) is 3.64. The molecule has 0 aromatic rings. The number of aliphatic hydroxyl groups excluding tert-OH is 1. The largest absolute Gasteiger partial charge is 0.391 e. The van der Waals surface area contributed by atoms with Gasteiger partial charge in [0, 0.05) is 6.61 Å². The van der Waals surface area contributed by atoms with Crippen molar-refractivity contribution in [3.05, 3.63) is 0 Å². The van der Waals surface area contributed by atoms with E-state index in [0.717, 1.165) is 25.4 Å². The highest BCUT2D eigenvalue weighted by molar-refractivity contribution is 4.69. The van der Waals surface area contributed by atoms with E-state index in [9.17, 15) is 5.11 Å². The van der Waals surface area contributed by atoms with Gasteiger partial charge in [-0.3, -0.25) is 0 Å². The smallest absolute Gasteiger partial charge is 0.0776 e. The summed E-state index contributed by atoms with van der Waals surface area (Å²) in [7, 11) is 0. The Balaban J connectivity index is 2.02. The second kappa shape index (κ2) is 7.38. The highest BCUT2D eigenvalue weighted by Crippen LogP contribution is 2.27. The van der Waals surface area contributed by atoms with Crippen molar-refractivity contribution >= 4 is 0 Å². The van der Waals surface area contributed by atoms with Crippen molar-refractivity contribution in [3.8, 4) is 0 Å². The molecule has 1 atom stereocenters. The molecule has 1 aliphatic carbocycles. The van der Waals surface area contributed by atoms with Crippen molar-refractivity contribution in [2.75, 3.05) is 13.2 Å². The molecule has 0 heterocycles. The van der Waals surface area contributed by atoms with Gasteiger partial charge in [0.15, 0.2) is 0 Å². The van der Waals surface area contributed by atoms with Crippen LogP contribution in [0.5, 0.6) is 0 Å². The van der Waals surface area contributed by atoms with Crippen molar-refractivity contribution in [2.24, 2.45) is 11.3 Å². The minimum atomic E-state index is -0.252. The lowest BCUT2D eigenvalue weighted by Crippen LogP contribution is -2.22.